The fraction of sp³-hybridized carbons (Fsp3) is 0.0769. The van der Waals surface area contributed by atoms with Crippen LogP contribution in [0.4, 0.5) is 4.39 Å². The first-order chi connectivity index (χ1) is 8.51. The predicted octanol–water partition coefficient (Wildman–Crippen LogP) is 3.43. The second kappa shape index (κ2) is 4.59. The summed E-state index contributed by atoms with van der Waals surface area (Å²) in [5.74, 6) is -1.51. The molecule has 18 heavy (non-hydrogen) atoms. The van der Waals surface area contributed by atoms with E-state index in [9.17, 15) is 9.18 Å². The van der Waals surface area contributed by atoms with Crippen LogP contribution in [0.3, 0.4) is 0 Å². The summed E-state index contributed by atoms with van der Waals surface area (Å²) in [5.41, 5.74) is 1.50. The van der Waals surface area contributed by atoms with E-state index in [1.807, 2.05) is 6.07 Å². The van der Waals surface area contributed by atoms with Crippen molar-refractivity contribution in [2.75, 3.05) is 0 Å². The SMILES string of the molecule is Cc1cc(C(=O)O)sc1-c1cc(F)cc(C#N)c1. The van der Waals surface area contributed by atoms with E-state index >= 15 is 0 Å². The Kier molecular flexibility index (Phi) is 3.13. The zero-order valence-corrected chi connectivity index (χ0v) is 10.2. The molecule has 3 nitrogen and oxygen atoms in total. The van der Waals surface area contributed by atoms with Crippen LogP contribution in [0.2, 0.25) is 0 Å². The lowest BCUT2D eigenvalue weighted by atomic mass is 10.1. The molecule has 0 amide bonds. The molecule has 0 aliphatic carbocycles. The first-order valence-corrected chi connectivity index (χ1v) is 5.87. The predicted molar refractivity (Wildman–Crippen MR) is 66.1 cm³/mol. The Morgan fingerprint density at radius 3 is 2.67 bits per heavy atom. The second-order valence-corrected chi connectivity index (χ2v) is 4.82. The molecule has 0 atom stereocenters. The number of hydrogen-bond donors (Lipinski definition) is 1. The van der Waals surface area contributed by atoms with Crippen molar-refractivity contribution in [2.24, 2.45) is 0 Å². The number of carbonyl (C=O) groups is 1. The number of carboxylic acid groups (broad SMARTS) is 1. The lowest BCUT2D eigenvalue weighted by Gasteiger charge is -2.01. The molecule has 0 aliphatic heterocycles. The number of nitriles is 1. The van der Waals surface area contributed by atoms with Crippen molar-refractivity contribution in [3.05, 3.63) is 46.1 Å². The van der Waals surface area contributed by atoms with Gasteiger partial charge in [0.1, 0.15) is 10.7 Å². The van der Waals surface area contributed by atoms with Gasteiger partial charge in [-0.2, -0.15) is 5.26 Å². The number of carboxylic acids is 1. The molecule has 2 aromatic rings. The molecule has 0 radical (unpaired) electrons. The van der Waals surface area contributed by atoms with Crippen LogP contribution in [0.1, 0.15) is 20.8 Å². The van der Waals surface area contributed by atoms with E-state index in [1.165, 1.54) is 6.07 Å². The Morgan fingerprint density at radius 1 is 1.39 bits per heavy atom. The van der Waals surface area contributed by atoms with Crippen LogP contribution in [0.25, 0.3) is 10.4 Å². The smallest absolute Gasteiger partial charge is 0.345 e. The molecular weight excluding hydrogens is 253 g/mol. The first kappa shape index (κ1) is 12.3. The van der Waals surface area contributed by atoms with Crippen LogP contribution in [-0.2, 0) is 0 Å². The maximum atomic E-state index is 13.3. The third kappa shape index (κ3) is 2.24. The number of aromatic carboxylic acids is 1. The van der Waals surface area contributed by atoms with Crippen molar-refractivity contribution in [3.63, 3.8) is 0 Å². The number of aryl methyl sites for hydroxylation is 1. The van der Waals surface area contributed by atoms with Crippen molar-refractivity contribution < 1.29 is 14.3 Å². The van der Waals surface area contributed by atoms with Crippen molar-refractivity contribution in [1.82, 2.24) is 0 Å². The Hall–Kier alpha value is -2.19. The normalized spacial score (nSPS) is 10.1. The highest BCUT2D eigenvalue weighted by atomic mass is 32.1. The maximum Gasteiger partial charge on any atom is 0.345 e. The minimum absolute atomic E-state index is 0.199. The van der Waals surface area contributed by atoms with Gasteiger partial charge in [0.25, 0.3) is 0 Å². The number of rotatable bonds is 2. The van der Waals surface area contributed by atoms with Gasteiger partial charge in [0.2, 0.25) is 0 Å². The highest BCUT2D eigenvalue weighted by molar-refractivity contribution is 7.17. The summed E-state index contributed by atoms with van der Waals surface area (Å²) in [6.07, 6.45) is 0. The molecule has 2 rings (SSSR count). The van der Waals surface area contributed by atoms with Crippen LogP contribution >= 0.6 is 11.3 Å². The molecule has 90 valence electrons. The van der Waals surface area contributed by atoms with Crippen molar-refractivity contribution in [1.29, 1.82) is 5.26 Å². The molecule has 0 bridgehead atoms. The summed E-state index contributed by atoms with van der Waals surface area (Å²) in [5, 5.41) is 17.7. The Morgan fingerprint density at radius 2 is 2.11 bits per heavy atom. The van der Waals surface area contributed by atoms with E-state index < -0.39 is 11.8 Å². The Balaban J connectivity index is 2.58. The van der Waals surface area contributed by atoms with Crippen LogP contribution in [0.5, 0.6) is 0 Å². The summed E-state index contributed by atoms with van der Waals surface area (Å²) in [4.78, 5) is 11.7. The summed E-state index contributed by atoms with van der Waals surface area (Å²) < 4.78 is 13.3. The van der Waals surface area contributed by atoms with E-state index in [4.69, 9.17) is 10.4 Å². The number of thiophene rings is 1. The lowest BCUT2D eigenvalue weighted by molar-refractivity contribution is 0.0702. The molecule has 0 fully saturated rings. The fourth-order valence-electron chi connectivity index (χ4n) is 1.66. The van der Waals surface area contributed by atoms with E-state index in [1.54, 1.807) is 19.1 Å². The van der Waals surface area contributed by atoms with Gasteiger partial charge < -0.3 is 5.11 Å². The van der Waals surface area contributed by atoms with E-state index in [0.29, 0.717) is 10.4 Å². The van der Waals surface area contributed by atoms with Gasteiger partial charge >= 0.3 is 5.97 Å². The topological polar surface area (TPSA) is 61.1 Å². The quantitative estimate of drug-likeness (QED) is 0.900. The lowest BCUT2D eigenvalue weighted by Crippen LogP contribution is -1.89. The molecular formula is C13H8FNO2S. The number of nitrogens with zero attached hydrogens (tertiary/aromatic N) is 1. The average molecular weight is 261 g/mol. The first-order valence-electron chi connectivity index (χ1n) is 5.06. The largest absolute Gasteiger partial charge is 0.477 e. The van der Waals surface area contributed by atoms with Crippen LogP contribution in [0, 0.1) is 24.1 Å². The van der Waals surface area contributed by atoms with Crippen LogP contribution in [-0.4, -0.2) is 11.1 Å². The van der Waals surface area contributed by atoms with Gasteiger partial charge in [-0.3, -0.25) is 0 Å². The van der Waals surface area contributed by atoms with E-state index in [0.717, 1.165) is 23.0 Å². The highest BCUT2D eigenvalue weighted by Gasteiger charge is 2.13. The molecule has 0 unspecified atom stereocenters. The number of halogens is 1. The van der Waals surface area contributed by atoms with Crippen molar-refractivity contribution in [3.8, 4) is 16.5 Å². The molecule has 5 heteroatoms. The third-order valence-corrected chi connectivity index (χ3v) is 3.69. The van der Waals surface area contributed by atoms with Gasteiger partial charge in [0.05, 0.1) is 11.6 Å². The van der Waals surface area contributed by atoms with E-state index in [2.05, 4.69) is 0 Å². The van der Waals surface area contributed by atoms with Crippen LogP contribution < -0.4 is 0 Å². The highest BCUT2D eigenvalue weighted by Crippen LogP contribution is 2.33. The monoisotopic (exact) mass is 261 g/mol. The summed E-state index contributed by atoms with van der Waals surface area (Å²) in [7, 11) is 0. The zero-order chi connectivity index (χ0) is 13.3. The number of benzene rings is 1. The van der Waals surface area contributed by atoms with Gasteiger partial charge in [-0.05, 0) is 42.3 Å². The van der Waals surface area contributed by atoms with Crippen LogP contribution in [0.15, 0.2) is 24.3 Å². The molecule has 1 aromatic carbocycles. The molecule has 1 aromatic heterocycles. The minimum atomic E-state index is -1.01. The van der Waals surface area contributed by atoms with E-state index in [-0.39, 0.29) is 10.4 Å². The standard InChI is InChI=1S/C13H8FNO2S/c1-7-2-11(13(16)17)18-12(7)9-3-8(6-15)4-10(14)5-9/h2-5H,1H3,(H,16,17). The molecule has 1 heterocycles. The third-order valence-electron chi connectivity index (χ3n) is 2.42. The van der Waals surface area contributed by atoms with Crippen molar-refractivity contribution in [2.45, 2.75) is 6.92 Å². The minimum Gasteiger partial charge on any atom is -0.477 e. The molecule has 0 saturated carbocycles. The fourth-order valence-corrected chi connectivity index (χ4v) is 2.66. The average Bonchev–Trinajstić information content (AvgIpc) is 2.70. The molecule has 0 saturated heterocycles. The van der Waals surface area contributed by atoms with Gasteiger partial charge in [0, 0.05) is 4.88 Å². The maximum absolute atomic E-state index is 13.3. The molecule has 0 spiro atoms. The summed E-state index contributed by atoms with van der Waals surface area (Å²) in [6.45, 7) is 1.76. The second-order valence-electron chi connectivity index (χ2n) is 3.77. The van der Waals surface area contributed by atoms with Gasteiger partial charge in [0.15, 0.2) is 0 Å². The van der Waals surface area contributed by atoms with Gasteiger partial charge in [-0.25, -0.2) is 9.18 Å². The molecule has 0 aliphatic rings. The summed E-state index contributed by atoms with van der Waals surface area (Å²) >= 11 is 1.07. The Labute approximate surface area is 107 Å². The number of hydrogen-bond acceptors (Lipinski definition) is 3. The van der Waals surface area contributed by atoms with Gasteiger partial charge in [-0.15, -0.1) is 11.3 Å². The van der Waals surface area contributed by atoms with Gasteiger partial charge in [-0.1, -0.05) is 0 Å². The van der Waals surface area contributed by atoms with Crippen molar-refractivity contribution >= 4 is 17.3 Å². The Bertz CT molecular complexity index is 670. The molecule has 1 N–H and O–H groups in total. The zero-order valence-electron chi connectivity index (χ0n) is 9.40. The summed E-state index contributed by atoms with van der Waals surface area (Å²) in [6, 6.07) is 7.41.